The topological polar surface area (TPSA) is 38.2 Å². The molecule has 1 unspecified atom stereocenters. The van der Waals surface area contributed by atoms with Crippen LogP contribution in [-0.4, -0.2) is 88.8 Å². The summed E-state index contributed by atoms with van der Waals surface area (Å²) in [6.45, 7) is 11.0. The smallest absolute Gasteiger partial charge is 0.129 e. The van der Waals surface area contributed by atoms with Crippen LogP contribution >= 0.6 is 0 Å². The van der Waals surface area contributed by atoms with E-state index < -0.39 is 0 Å². The molecule has 1 saturated heterocycles. The Hall–Kier alpha value is -2.18. The van der Waals surface area contributed by atoms with Crippen molar-refractivity contribution in [2.75, 3.05) is 46.3 Å². The van der Waals surface area contributed by atoms with Crippen molar-refractivity contribution in [2.24, 2.45) is 4.99 Å². The van der Waals surface area contributed by atoms with Gasteiger partial charge in [-0.2, -0.15) is 0 Å². The predicted octanol–water partition coefficient (Wildman–Crippen LogP) is 2.91. The Kier molecular flexibility index (Phi) is 5.85. The maximum absolute atomic E-state index is 5.16. The highest BCUT2D eigenvalue weighted by molar-refractivity contribution is 5.96. The number of aromatic nitrogens is 1. The van der Waals surface area contributed by atoms with Crippen molar-refractivity contribution in [1.29, 1.82) is 0 Å². The molecule has 2 atom stereocenters. The van der Waals surface area contributed by atoms with E-state index in [0.717, 1.165) is 51.5 Å². The van der Waals surface area contributed by atoms with Gasteiger partial charge in [-0.1, -0.05) is 12.1 Å². The molecule has 6 heteroatoms. The first kappa shape index (κ1) is 20.7. The molecule has 1 aromatic heterocycles. The molecule has 4 aliphatic rings. The molecule has 6 nitrogen and oxygen atoms in total. The molecule has 166 valence electrons. The summed E-state index contributed by atoms with van der Waals surface area (Å²) in [5, 5.41) is 0. The fraction of sp³-hybridized carbons (Fsp3) is 0.600. The van der Waals surface area contributed by atoms with Crippen molar-refractivity contribution in [1.82, 2.24) is 24.6 Å². The largest absolute Gasteiger partial charge is 0.355 e. The average molecular weight is 421 g/mol. The molecule has 0 spiro atoms. The quantitative estimate of drug-likeness (QED) is 0.732. The van der Waals surface area contributed by atoms with Crippen LogP contribution < -0.4 is 0 Å². The van der Waals surface area contributed by atoms with E-state index in [2.05, 4.69) is 70.9 Å². The fourth-order valence-electron chi connectivity index (χ4n) is 5.52. The lowest BCUT2D eigenvalue weighted by Gasteiger charge is -2.40. The molecule has 0 radical (unpaired) electrons. The minimum absolute atomic E-state index is 0.296. The lowest BCUT2D eigenvalue weighted by atomic mass is 9.90. The van der Waals surface area contributed by atoms with Gasteiger partial charge in [0.15, 0.2) is 0 Å². The zero-order chi connectivity index (χ0) is 21.4. The fourth-order valence-corrected chi connectivity index (χ4v) is 5.52. The van der Waals surface area contributed by atoms with Crippen molar-refractivity contribution in [3.63, 3.8) is 0 Å². The van der Waals surface area contributed by atoms with Gasteiger partial charge in [0.1, 0.15) is 11.7 Å². The van der Waals surface area contributed by atoms with Crippen molar-refractivity contribution < 1.29 is 0 Å². The van der Waals surface area contributed by atoms with Crippen molar-refractivity contribution >= 4 is 5.84 Å². The normalized spacial score (nSPS) is 26.2. The average Bonchev–Trinajstić information content (AvgIpc) is 3.20. The highest BCUT2D eigenvalue weighted by Gasteiger charge is 2.35. The van der Waals surface area contributed by atoms with Crippen LogP contribution in [0.15, 0.2) is 47.4 Å². The van der Waals surface area contributed by atoms with E-state index in [1.807, 2.05) is 6.20 Å². The van der Waals surface area contributed by atoms with Crippen LogP contribution in [0.2, 0.25) is 0 Å². The first-order valence-electron chi connectivity index (χ1n) is 12.0. The maximum atomic E-state index is 5.16. The lowest BCUT2D eigenvalue weighted by Crippen LogP contribution is -2.49. The minimum Gasteiger partial charge on any atom is -0.355 e. The van der Waals surface area contributed by atoms with E-state index in [-0.39, 0.29) is 0 Å². The van der Waals surface area contributed by atoms with Crippen LogP contribution in [0.5, 0.6) is 0 Å². The van der Waals surface area contributed by atoms with E-state index in [4.69, 9.17) is 9.98 Å². The molecule has 1 aliphatic carbocycles. The summed E-state index contributed by atoms with van der Waals surface area (Å²) >= 11 is 0. The third-order valence-electron chi connectivity index (χ3n) is 7.23. The predicted molar refractivity (Wildman–Crippen MR) is 126 cm³/mol. The molecular weight excluding hydrogens is 384 g/mol. The van der Waals surface area contributed by atoms with Crippen molar-refractivity contribution in [3.8, 4) is 0 Å². The first-order valence-corrected chi connectivity index (χ1v) is 12.0. The number of fused-ring (bicyclic) bond motifs is 2. The van der Waals surface area contributed by atoms with Gasteiger partial charge in [0.2, 0.25) is 0 Å². The number of hydrogen-bond donors (Lipinski definition) is 0. The summed E-state index contributed by atoms with van der Waals surface area (Å²) in [4.78, 5) is 20.0. The van der Waals surface area contributed by atoms with Crippen LogP contribution in [-0.2, 0) is 6.42 Å². The summed E-state index contributed by atoms with van der Waals surface area (Å²) in [6.07, 6.45) is 12.2. The molecule has 0 aromatic carbocycles. The summed E-state index contributed by atoms with van der Waals surface area (Å²) in [5.74, 6) is 2.46. The van der Waals surface area contributed by atoms with Crippen LogP contribution in [0.4, 0.5) is 0 Å². The molecule has 1 aromatic rings. The number of hydrogen-bond acceptors (Lipinski definition) is 6. The number of aryl methyl sites for hydroxylation is 1. The highest BCUT2D eigenvalue weighted by Crippen LogP contribution is 2.35. The summed E-state index contributed by atoms with van der Waals surface area (Å²) in [6, 6.07) is 5.52. The SMILES string of the molecule is CC(C)N(CC1CN2C(N3CCN(C)CC3)=CC=CC2=N1)[C@H]1CCCc2cccnc21. The molecule has 1 fully saturated rings. The number of rotatable bonds is 5. The van der Waals surface area contributed by atoms with E-state index in [9.17, 15) is 0 Å². The second-order valence-electron chi connectivity index (χ2n) is 9.67. The Balaban J connectivity index is 1.31. The zero-order valence-corrected chi connectivity index (χ0v) is 19.2. The van der Waals surface area contributed by atoms with Crippen LogP contribution in [0.25, 0.3) is 0 Å². The molecule has 0 amide bonds. The van der Waals surface area contributed by atoms with Gasteiger partial charge in [0.25, 0.3) is 0 Å². The first-order chi connectivity index (χ1) is 15.1. The molecule has 0 N–H and O–H groups in total. The van der Waals surface area contributed by atoms with E-state index in [1.54, 1.807) is 0 Å². The van der Waals surface area contributed by atoms with Gasteiger partial charge in [0.05, 0.1) is 17.8 Å². The monoisotopic (exact) mass is 420 g/mol. The Labute approximate surface area is 186 Å². The van der Waals surface area contributed by atoms with Crippen molar-refractivity contribution in [3.05, 3.63) is 53.6 Å². The number of nitrogens with zero attached hydrogens (tertiary/aromatic N) is 6. The number of amidine groups is 1. The number of likely N-dealkylation sites (N-methyl/N-ethyl adjacent to an activating group) is 1. The third-order valence-corrected chi connectivity index (χ3v) is 7.23. The van der Waals surface area contributed by atoms with E-state index >= 15 is 0 Å². The molecule has 3 aliphatic heterocycles. The van der Waals surface area contributed by atoms with Gasteiger partial charge in [-0.15, -0.1) is 0 Å². The van der Waals surface area contributed by atoms with Gasteiger partial charge in [0, 0.05) is 51.5 Å². The Morgan fingerprint density at radius 3 is 2.84 bits per heavy atom. The van der Waals surface area contributed by atoms with Gasteiger partial charge >= 0.3 is 0 Å². The second kappa shape index (κ2) is 8.75. The summed E-state index contributed by atoms with van der Waals surface area (Å²) in [7, 11) is 2.21. The van der Waals surface area contributed by atoms with Gasteiger partial charge < -0.3 is 14.7 Å². The molecule has 0 bridgehead atoms. The zero-order valence-electron chi connectivity index (χ0n) is 19.2. The molecular formula is C25H36N6. The third kappa shape index (κ3) is 4.15. The molecule has 4 heterocycles. The maximum Gasteiger partial charge on any atom is 0.129 e. The Morgan fingerprint density at radius 1 is 1.19 bits per heavy atom. The summed E-state index contributed by atoms with van der Waals surface area (Å²) in [5.41, 5.74) is 2.73. The number of pyridine rings is 1. The number of aliphatic imine (C=N–C) groups is 1. The second-order valence-corrected chi connectivity index (χ2v) is 9.67. The number of allylic oxidation sites excluding steroid dienone is 2. The molecule has 0 saturated carbocycles. The number of piperazine rings is 1. The summed E-state index contributed by atoms with van der Waals surface area (Å²) < 4.78 is 0. The highest BCUT2D eigenvalue weighted by atomic mass is 15.4. The van der Waals surface area contributed by atoms with Crippen LogP contribution in [0, 0.1) is 0 Å². The van der Waals surface area contributed by atoms with Gasteiger partial charge in [-0.25, -0.2) is 0 Å². The van der Waals surface area contributed by atoms with Crippen LogP contribution in [0.3, 0.4) is 0 Å². The van der Waals surface area contributed by atoms with E-state index in [1.165, 1.54) is 29.9 Å². The molecule has 5 rings (SSSR count). The Bertz CT molecular complexity index is 880. The van der Waals surface area contributed by atoms with E-state index in [0.29, 0.717) is 18.1 Å². The molecule has 31 heavy (non-hydrogen) atoms. The lowest BCUT2D eigenvalue weighted by molar-refractivity contribution is 0.122. The van der Waals surface area contributed by atoms with Crippen LogP contribution in [0.1, 0.15) is 44.0 Å². The van der Waals surface area contributed by atoms with Gasteiger partial charge in [-0.05, 0) is 63.9 Å². The van der Waals surface area contributed by atoms with Gasteiger partial charge in [-0.3, -0.25) is 14.9 Å². The van der Waals surface area contributed by atoms with Crippen molar-refractivity contribution in [2.45, 2.75) is 51.2 Å². The Morgan fingerprint density at radius 2 is 2.03 bits per heavy atom. The standard InChI is InChI=1S/C25H36N6/c1-19(2)30(22-9-4-7-20-8-6-12-26-25(20)22)17-21-18-31-23(27-21)10-5-11-24(31)29-15-13-28(3)14-16-29/h5-6,8,10-12,19,21-22H,4,7,9,13-18H2,1-3H3/t21?,22-/m0/s1. The minimum atomic E-state index is 0.296.